The number of hydrogen-bond donors (Lipinski definition) is 2. The minimum atomic E-state index is -0.240. The average molecular weight is 309 g/mol. The number of benzene rings is 1. The van der Waals surface area contributed by atoms with Crippen LogP contribution >= 0.6 is 0 Å². The molecule has 3 rings (SSSR count). The largest absolute Gasteiger partial charge is 0.505 e. The van der Waals surface area contributed by atoms with Crippen molar-refractivity contribution in [2.45, 2.75) is 13.5 Å². The lowest BCUT2D eigenvalue weighted by Crippen LogP contribution is -2.00. The first-order valence-corrected chi connectivity index (χ1v) is 6.99. The van der Waals surface area contributed by atoms with Crippen molar-refractivity contribution in [3.05, 3.63) is 59.7 Å². The van der Waals surface area contributed by atoms with Gasteiger partial charge in [-0.05, 0) is 6.92 Å². The van der Waals surface area contributed by atoms with E-state index in [1.807, 2.05) is 30.3 Å². The molecule has 0 unspecified atom stereocenters. The minimum Gasteiger partial charge on any atom is -0.505 e. The molecule has 1 aromatic carbocycles. The quantitative estimate of drug-likeness (QED) is 0.715. The lowest BCUT2D eigenvalue weighted by atomic mass is 10.1. The number of aromatic hydroxyl groups is 1. The van der Waals surface area contributed by atoms with Gasteiger partial charge in [0.2, 0.25) is 0 Å². The van der Waals surface area contributed by atoms with E-state index in [-0.39, 0.29) is 12.4 Å². The lowest BCUT2D eigenvalue weighted by molar-refractivity contribution is 0.280. The van der Waals surface area contributed by atoms with Gasteiger partial charge in [-0.2, -0.15) is 9.78 Å². The Hall–Kier alpha value is -3.06. The van der Waals surface area contributed by atoms with Crippen LogP contribution in [-0.4, -0.2) is 36.3 Å². The third kappa shape index (κ3) is 2.95. The number of hydrogen-bond acceptors (Lipinski definition) is 6. The first-order valence-electron chi connectivity index (χ1n) is 6.99. The SMILES string of the molecule is Cc1ncc(CO)c(/C=N/n2cnnc2-c2ccccc2)c1O. The van der Waals surface area contributed by atoms with Crippen LogP contribution in [0.4, 0.5) is 0 Å². The number of aromatic nitrogens is 4. The first-order chi connectivity index (χ1) is 11.2. The van der Waals surface area contributed by atoms with E-state index in [9.17, 15) is 10.2 Å². The van der Waals surface area contributed by atoms with Gasteiger partial charge in [0.1, 0.15) is 12.1 Å². The van der Waals surface area contributed by atoms with Gasteiger partial charge >= 0.3 is 0 Å². The highest BCUT2D eigenvalue weighted by molar-refractivity contribution is 5.85. The zero-order valence-corrected chi connectivity index (χ0v) is 12.5. The van der Waals surface area contributed by atoms with Crippen molar-refractivity contribution in [2.24, 2.45) is 5.10 Å². The fourth-order valence-electron chi connectivity index (χ4n) is 2.13. The highest BCUT2D eigenvalue weighted by atomic mass is 16.3. The van der Waals surface area contributed by atoms with Crippen LogP contribution in [0.1, 0.15) is 16.8 Å². The summed E-state index contributed by atoms with van der Waals surface area (Å²) in [7, 11) is 0. The molecule has 0 bridgehead atoms. The molecule has 7 heteroatoms. The van der Waals surface area contributed by atoms with E-state index in [0.29, 0.717) is 22.6 Å². The Bertz CT molecular complexity index is 843. The second kappa shape index (κ2) is 6.37. The Kier molecular flexibility index (Phi) is 4.11. The van der Waals surface area contributed by atoms with Crippen LogP contribution < -0.4 is 0 Å². The molecule has 2 N–H and O–H groups in total. The molecule has 0 fully saturated rings. The summed E-state index contributed by atoms with van der Waals surface area (Å²) in [6.07, 6.45) is 4.45. The summed E-state index contributed by atoms with van der Waals surface area (Å²) in [5.74, 6) is 0.576. The lowest BCUT2D eigenvalue weighted by Gasteiger charge is -2.07. The molecule has 116 valence electrons. The third-order valence-corrected chi connectivity index (χ3v) is 3.40. The number of pyridine rings is 1. The normalized spacial score (nSPS) is 11.2. The maximum absolute atomic E-state index is 10.1. The Labute approximate surface area is 132 Å². The molecule has 0 atom stereocenters. The van der Waals surface area contributed by atoms with Crippen molar-refractivity contribution in [3.63, 3.8) is 0 Å². The molecule has 0 aliphatic rings. The van der Waals surface area contributed by atoms with Crippen LogP contribution in [0.15, 0.2) is 48.0 Å². The maximum atomic E-state index is 10.1. The van der Waals surface area contributed by atoms with Gasteiger partial charge in [0.25, 0.3) is 0 Å². The molecule has 7 nitrogen and oxygen atoms in total. The van der Waals surface area contributed by atoms with Crippen molar-refractivity contribution >= 4 is 6.21 Å². The van der Waals surface area contributed by atoms with Crippen LogP contribution in [0.25, 0.3) is 11.4 Å². The molecular formula is C16H15N5O2. The minimum absolute atomic E-state index is 0.00497. The topological polar surface area (TPSA) is 96.4 Å². The van der Waals surface area contributed by atoms with Crippen LogP contribution in [0.3, 0.4) is 0 Å². The molecule has 0 aliphatic heterocycles. The van der Waals surface area contributed by atoms with E-state index in [0.717, 1.165) is 5.56 Å². The van der Waals surface area contributed by atoms with Crippen LogP contribution in [-0.2, 0) is 6.61 Å². The number of aliphatic hydroxyl groups is 1. The summed E-state index contributed by atoms with van der Waals surface area (Å²) in [5, 5.41) is 31.7. The molecule has 0 aliphatic carbocycles. The predicted octanol–water partition coefficient (Wildman–Crippen LogP) is 1.73. The van der Waals surface area contributed by atoms with E-state index in [2.05, 4.69) is 20.3 Å². The molecule has 23 heavy (non-hydrogen) atoms. The van der Waals surface area contributed by atoms with E-state index < -0.39 is 0 Å². The van der Waals surface area contributed by atoms with Crippen molar-refractivity contribution in [3.8, 4) is 17.1 Å². The van der Waals surface area contributed by atoms with Crippen LogP contribution in [0.2, 0.25) is 0 Å². The molecule has 0 radical (unpaired) electrons. The fourth-order valence-corrected chi connectivity index (χ4v) is 2.13. The molecular weight excluding hydrogens is 294 g/mol. The number of nitrogens with zero attached hydrogens (tertiary/aromatic N) is 5. The highest BCUT2D eigenvalue weighted by Crippen LogP contribution is 2.22. The second-order valence-electron chi connectivity index (χ2n) is 4.90. The summed E-state index contributed by atoms with van der Waals surface area (Å²) in [6, 6.07) is 9.53. The van der Waals surface area contributed by atoms with Gasteiger partial charge < -0.3 is 10.2 Å². The zero-order chi connectivity index (χ0) is 16.2. The standard InChI is InChI=1S/C16H15N5O2/c1-11-15(23)14(13(9-22)7-17-11)8-19-21-10-18-20-16(21)12-5-3-2-4-6-12/h2-8,10,22-23H,9H2,1H3/b19-8+. The Morgan fingerprint density at radius 1 is 1.26 bits per heavy atom. The van der Waals surface area contributed by atoms with Crippen molar-refractivity contribution in [1.82, 2.24) is 19.9 Å². The predicted molar refractivity (Wildman–Crippen MR) is 85.0 cm³/mol. The first kappa shape index (κ1) is 14.9. The number of aryl methyl sites for hydroxylation is 1. The zero-order valence-electron chi connectivity index (χ0n) is 12.5. The van der Waals surface area contributed by atoms with Crippen LogP contribution in [0.5, 0.6) is 5.75 Å². The van der Waals surface area contributed by atoms with Gasteiger partial charge in [-0.3, -0.25) is 4.98 Å². The molecule has 2 aromatic heterocycles. The van der Waals surface area contributed by atoms with Gasteiger partial charge in [0, 0.05) is 22.9 Å². The van der Waals surface area contributed by atoms with Gasteiger partial charge in [0.15, 0.2) is 5.82 Å². The number of rotatable bonds is 4. The summed E-state index contributed by atoms with van der Waals surface area (Å²) in [5.41, 5.74) is 2.26. The Balaban J connectivity index is 2.00. The molecule has 2 heterocycles. The summed E-state index contributed by atoms with van der Waals surface area (Å²) in [4.78, 5) is 4.02. The summed E-state index contributed by atoms with van der Waals surface area (Å²) < 4.78 is 1.51. The molecule has 3 aromatic rings. The molecule has 0 amide bonds. The van der Waals surface area contributed by atoms with Crippen molar-refractivity contribution in [1.29, 1.82) is 0 Å². The van der Waals surface area contributed by atoms with Crippen LogP contribution in [0, 0.1) is 6.92 Å². The molecule has 0 saturated heterocycles. The van der Waals surface area contributed by atoms with E-state index in [1.54, 1.807) is 6.92 Å². The molecule has 0 saturated carbocycles. The maximum Gasteiger partial charge on any atom is 0.184 e. The van der Waals surface area contributed by atoms with E-state index in [4.69, 9.17) is 0 Å². The Morgan fingerprint density at radius 2 is 2.04 bits per heavy atom. The summed E-state index contributed by atoms with van der Waals surface area (Å²) >= 11 is 0. The average Bonchev–Trinajstić information content (AvgIpc) is 3.05. The van der Waals surface area contributed by atoms with E-state index in [1.165, 1.54) is 23.4 Å². The van der Waals surface area contributed by atoms with Crippen molar-refractivity contribution < 1.29 is 10.2 Å². The fraction of sp³-hybridized carbons (Fsp3) is 0.125. The van der Waals surface area contributed by atoms with Gasteiger partial charge in [0.05, 0.1) is 18.5 Å². The van der Waals surface area contributed by atoms with Gasteiger partial charge in [-0.1, -0.05) is 30.3 Å². The molecule has 0 spiro atoms. The van der Waals surface area contributed by atoms with Gasteiger partial charge in [-0.15, -0.1) is 10.2 Å². The highest BCUT2D eigenvalue weighted by Gasteiger charge is 2.10. The second-order valence-corrected chi connectivity index (χ2v) is 4.90. The van der Waals surface area contributed by atoms with Crippen molar-refractivity contribution in [2.75, 3.05) is 0 Å². The van der Waals surface area contributed by atoms with Gasteiger partial charge in [-0.25, -0.2) is 0 Å². The summed E-state index contributed by atoms with van der Waals surface area (Å²) in [6.45, 7) is 1.44. The Morgan fingerprint density at radius 3 is 2.78 bits per heavy atom. The van der Waals surface area contributed by atoms with E-state index >= 15 is 0 Å². The monoisotopic (exact) mass is 309 g/mol. The smallest absolute Gasteiger partial charge is 0.184 e. The number of aliphatic hydroxyl groups excluding tert-OH is 1. The third-order valence-electron chi connectivity index (χ3n) is 3.40.